The highest BCUT2D eigenvalue weighted by atomic mass is 32.2. The number of carbonyl (C=O) groups is 1. The Hall–Kier alpha value is -3.06. The van der Waals surface area contributed by atoms with Crippen molar-refractivity contribution < 1.29 is 9.21 Å². The first kappa shape index (κ1) is 20.2. The van der Waals surface area contributed by atoms with E-state index in [1.54, 1.807) is 12.6 Å². The van der Waals surface area contributed by atoms with Gasteiger partial charge >= 0.3 is 0 Å². The fraction of sp³-hybridized carbons (Fsp3) is 0.261. The van der Waals surface area contributed by atoms with Crippen molar-refractivity contribution in [2.45, 2.75) is 39.3 Å². The van der Waals surface area contributed by atoms with E-state index in [1.807, 2.05) is 38.1 Å². The molecule has 0 aliphatic carbocycles. The fourth-order valence-electron chi connectivity index (χ4n) is 3.67. The summed E-state index contributed by atoms with van der Waals surface area (Å²) in [4.78, 5) is 21.5. The van der Waals surface area contributed by atoms with E-state index in [9.17, 15) is 4.79 Å². The molecule has 3 heterocycles. The molecule has 154 valence electrons. The van der Waals surface area contributed by atoms with Crippen molar-refractivity contribution in [2.24, 2.45) is 0 Å². The number of fused-ring (bicyclic) bond motifs is 1. The maximum absolute atomic E-state index is 12.5. The van der Waals surface area contributed by atoms with Gasteiger partial charge in [-0.3, -0.25) is 4.79 Å². The van der Waals surface area contributed by atoms with Crippen LogP contribution in [-0.2, 0) is 11.3 Å². The van der Waals surface area contributed by atoms with Crippen LogP contribution in [0.25, 0.3) is 11.0 Å². The predicted molar refractivity (Wildman–Crippen MR) is 120 cm³/mol. The normalized spacial score (nSPS) is 11.2. The molecule has 1 amide bonds. The average molecular weight is 421 g/mol. The van der Waals surface area contributed by atoms with Gasteiger partial charge in [0.2, 0.25) is 5.91 Å². The van der Waals surface area contributed by atoms with Gasteiger partial charge in [-0.05, 0) is 68.7 Å². The second kappa shape index (κ2) is 8.36. The Kier molecular flexibility index (Phi) is 5.63. The van der Waals surface area contributed by atoms with Crippen LogP contribution in [0.3, 0.4) is 0 Å². The monoisotopic (exact) mass is 420 g/mol. The Balaban J connectivity index is 1.55. The molecule has 0 spiro atoms. The third kappa shape index (κ3) is 4.11. The van der Waals surface area contributed by atoms with E-state index < -0.39 is 0 Å². The number of aromatic nitrogens is 3. The van der Waals surface area contributed by atoms with Crippen molar-refractivity contribution in [1.82, 2.24) is 14.5 Å². The van der Waals surface area contributed by atoms with Gasteiger partial charge in [-0.1, -0.05) is 17.8 Å². The Labute approximate surface area is 179 Å². The van der Waals surface area contributed by atoms with E-state index in [0.29, 0.717) is 6.54 Å². The molecule has 6 nitrogen and oxygen atoms in total. The van der Waals surface area contributed by atoms with Crippen molar-refractivity contribution in [3.05, 3.63) is 71.1 Å². The first-order chi connectivity index (χ1) is 14.4. The van der Waals surface area contributed by atoms with Crippen LogP contribution in [0.2, 0.25) is 0 Å². The van der Waals surface area contributed by atoms with E-state index in [1.165, 1.54) is 11.8 Å². The molecule has 0 aliphatic heterocycles. The molecule has 1 N–H and O–H groups in total. The van der Waals surface area contributed by atoms with Crippen LogP contribution in [-0.4, -0.2) is 26.2 Å². The van der Waals surface area contributed by atoms with E-state index in [2.05, 4.69) is 39.8 Å². The Morgan fingerprint density at radius 3 is 2.60 bits per heavy atom. The number of anilines is 1. The van der Waals surface area contributed by atoms with Gasteiger partial charge in [-0.2, -0.15) is 0 Å². The number of thioether (sulfide) groups is 1. The molecule has 0 atom stereocenters. The molecule has 0 radical (unpaired) electrons. The number of hydrogen-bond donors (Lipinski definition) is 1. The molecular formula is C23H24N4O2S. The molecule has 0 bridgehead atoms. The SMILES string of the molecule is Cc1cc(C)cc(NC(=O)CSc2ncnc3c2c(C)c(C)n3Cc2ccco2)c1. The Morgan fingerprint density at radius 1 is 1.13 bits per heavy atom. The number of hydrogen-bond acceptors (Lipinski definition) is 5. The van der Waals surface area contributed by atoms with Crippen molar-refractivity contribution in [3.63, 3.8) is 0 Å². The second-order valence-corrected chi connectivity index (χ2v) is 8.43. The molecule has 4 aromatic rings. The zero-order valence-corrected chi connectivity index (χ0v) is 18.3. The van der Waals surface area contributed by atoms with Gasteiger partial charge in [0.25, 0.3) is 0 Å². The third-order valence-corrected chi connectivity index (χ3v) is 6.10. The second-order valence-electron chi connectivity index (χ2n) is 7.47. The van der Waals surface area contributed by atoms with Gasteiger partial charge < -0.3 is 14.3 Å². The number of nitrogens with one attached hydrogen (secondary N) is 1. The van der Waals surface area contributed by atoms with Crippen molar-refractivity contribution in [2.75, 3.05) is 11.1 Å². The van der Waals surface area contributed by atoms with E-state index in [-0.39, 0.29) is 11.7 Å². The summed E-state index contributed by atoms with van der Waals surface area (Å²) in [6.45, 7) is 8.79. The summed E-state index contributed by atoms with van der Waals surface area (Å²) in [5.74, 6) is 1.10. The molecule has 7 heteroatoms. The summed E-state index contributed by atoms with van der Waals surface area (Å²) in [6.07, 6.45) is 3.23. The smallest absolute Gasteiger partial charge is 0.234 e. The highest BCUT2D eigenvalue weighted by Gasteiger charge is 2.18. The minimum absolute atomic E-state index is 0.0545. The van der Waals surface area contributed by atoms with Gasteiger partial charge in [-0.15, -0.1) is 0 Å². The molecule has 0 unspecified atom stereocenters. The Morgan fingerprint density at radius 2 is 1.90 bits per heavy atom. The van der Waals surface area contributed by atoms with Gasteiger partial charge in [-0.25, -0.2) is 9.97 Å². The van der Waals surface area contributed by atoms with Gasteiger partial charge in [0.05, 0.1) is 23.9 Å². The molecule has 3 aromatic heterocycles. The van der Waals surface area contributed by atoms with E-state index in [4.69, 9.17) is 4.42 Å². The van der Waals surface area contributed by atoms with Gasteiger partial charge in [0, 0.05) is 11.4 Å². The number of rotatable bonds is 6. The minimum atomic E-state index is -0.0545. The minimum Gasteiger partial charge on any atom is -0.467 e. The Bertz CT molecular complexity index is 1190. The number of aryl methyl sites for hydroxylation is 3. The van der Waals surface area contributed by atoms with Gasteiger partial charge in [0.1, 0.15) is 22.8 Å². The summed E-state index contributed by atoms with van der Waals surface area (Å²) in [5, 5.41) is 4.79. The molecule has 0 aliphatic rings. The van der Waals surface area contributed by atoms with Crippen LogP contribution in [0, 0.1) is 27.7 Å². The highest BCUT2D eigenvalue weighted by molar-refractivity contribution is 8.00. The largest absolute Gasteiger partial charge is 0.467 e. The first-order valence-corrected chi connectivity index (χ1v) is 10.7. The summed E-state index contributed by atoms with van der Waals surface area (Å²) < 4.78 is 7.64. The quantitative estimate of drug-likeness (QED) is 0.350. The molecule has 0 fully saturated rings. The van der Waals surface area contributed by atoms with Crippen LogP contribution >= 0.6 is 11.8 Å². The van der Waals surface area contributed by atoms with E-state index >= 15 is 0 Å². The molecule has 0 saturated heterocycles. The van der Waals surface area contributed by atoms with Gasteiger partial charge in [0.15, 0.2) is 0 Å². The molecule has 4 rings (SSSR count). The molecule has 30 heavy (non-hydrogen) atoms. The van der Waals surface area contributed by atoms with Crippen LogP contribution in [0.5, 0.6) is 0 Å². The molecule has 1 aromatic carbocycles. The van der Waals surface area contributed by atoms with Crippen molar-refractivity contribution in [1.29, 1.82) is 0 Å². The zero-order chi connectivity index (χ0) is 21.3. The maximum atomic E-state index is 12.5. The lowest BCUT2D eigenvalue weighted by Gasteiger charge is -2.08. The van der Waals surface area contributed by atoms with Crippen LogP contribution < -0.4 is 5.32 Å². The lowest BCUT2D eigenvalue weighted by Crippen LogP contribution is -2.14. The number of furan rings is 1. The van der Waals surface area contributed by atoms with Crippen molar-refractivity contribution in [3.8, 4) is 0 Å². The molecule has 0 saturated carbocycles. The lowest BCUT2D eigenvalue weighted by atomic mass is 10.1. The summed E-state index contributed by atoms with van der Waals surface area (Å²) in [6, 6.07) is 9.87. The van der Waals surface area contributed by atoms with Crippen molar-refractivity contribution >= 4 is 34.4 Å². The molecular weight excluding hydrogens is 396 g/mol. The zero-order valence-electron chi connectivity index (χ0n) is 17.5. The lowest BCUT2D eigenvalue weighted by molar-refractivity contribution is -0.113. The van der Waals surface area contributed by atoms with Crippen LogP contribution in [0.1, 0.15) is 28.1 Å². The first-order valence-electron chi connectivity index (χ1n) is 9.76. The standard InChI is InChI=1S/C23H24N4O2S/c1-14-8-15(2)10-18(9-14)26-20(28)12-30-23-21-16(3)17(4)27(22(21)24-13-25-23)11-19-6-5-7-29-19/h5-10,13H,11-12H2,1-4H3,(H,26,28). The number of carbonyl (C=O) groups excluding carboxylic acids is 1. The summed E-state index contributed by atoms with van der Waals surface area (Å²) in [7, 11) is 0. The summed E-state index contributed by atoms with van der Waals surface area (Å²) in [5.41, 5.74) is 6.16. The maximum Gasteiger partial charge on any atom is 0.234 e. The number of amides is 1. The van der Waals surface area contributed by atoms with Crippen LogP contribution in [0.4, 0.5) is 5.69 Å². The predicted octanol–water partition coefficient (Wildman–Crippen LogP) is 5.04. The van der Waals surface area contributed by atoms with E-state index in [0.717, 1.165) is 49.9 Å². The number of benzene rings is 1. The average Bonchev–Trinajstić information content (AvgIpc) is 3.29. The highest BCUT2D eigenvalue weighted by Crippen LogP contribution is 2.32. The number of nitrogens with zero attached hydrogens (tertiary/aromatic N) is 3. The third-order valence-electron chi connectivity index (χ3n) is 5.11. The summed E-state index contributed by atoms with van der Waals surface area (Å²) >= 11 is 1.43. The fourth-order valence-corrected chi connectivity index (χ4v) is 4.53. The topological polar surface area (TPSA) is 73.0 Å². The van der Waals surface area contributed by atoms with Crippen LogP contribution in [0.15, 0.2) is 52.4 Å².